The standard InChI is InChI=1S/C21H26ClN7O5S/c1-4-32-11-15-12-33-18-16(5-7-23-20(18)34-13(2)3)19-26-27-21(29(15)19)28-35(30,31)8-6-17-24-9-14(22)10-25-17/h5,7,9-10,13,15H,4,6,8,11-12H2,1-3H3,(H,27,28)/t15-/m0/s1. The van der Waals surface area contributed by atoms with Gasteiger partial charge in [0.1, 0.15) is 12.4 Å². The summed E-state index contributed by atoms with van der Waals surface area (Å²) < 4.78 is 47.5. The number of nitrogens with one attached hydrogen (secondary N) is 1. The molecule has 14 heteroatoms. The van der Waals surface area contributed by atoms with Crippen molar-refractivity contribution in [1.29, 1.82) is 0 Å². The molecule has 0 aliphatic carbocycles. The van der Waals surface area contributed by atoms with E-state index in [2.05, 4.69) is 29.9 Å². The molecular weight excluding hydrogens is 498 g/mol. The van der Waals surface area contributed by atoms with Crippen molar-refractivity contribution >= 4 is 27.6 Å². The summed E-state index contributed by atoms with van der Waals surface area (Å²) in [5.74, 6) is 1.33. The predicted molar refractivity (Wildman–Crippen MR) is 128 cm³/mol. The van der Waals surface area contributed by atoms with Gasteiger partial charge in [-0.25, -0.2) is 23.4 Å². The average Bonchev–Trinajstić information content (AvgIpc) is 3.13. The highest BCUT2D eigenvalue weighted by Gasteiger charge is 2.31. The summed E-state index contributed by atoms with van der Waals surface area (Å²) in [6, 6.07) is 1.32. The van der Waals surface area contributed by atoms with E-state index in [4.69, 9.17) is 25.8 Å². The van der Waals surface area contributed by atoms with Crippen LogP contribution in [0.15, 0.2) is 24.7 Å². The fraction of sp³-hybridized carbons (Fsp3) is 0.476. The first kappa shape index (κ1) is 25.1. The summed E-state index contributed by atoms with van der Waals surface area (Å²) in [5, 5.41) is 8.79. The summed E-state index contributed by atoms with van der Waals surface area (Å²) in [5.41, 5.74) is 0.585. The van der Waals surface area contributed by atoms with Crippen LogP contribution in [0.25, 0.3) is 11.4 Å². The Morgan fingerprint density at radius 3 is 2.74 bits per heavy atom. The van der Waals surface area contributed by atoms with Gasteiger partial charge in [-0.1, -0.05) is 11.6 Å². The number of hydrogen-bond donors (Lipinski definition) is 1. The first-order valence-electron chi connectivity index (χ1n) is 11.1. The van der Waals surface area contributed by atoms with Gasteiger partial charge in [-0.15, -0.1) is 10.2 Å². The second kappa shape index (κ2) is 10.7. The van der Waals surface area contributed by atoms with E-state index < -0.39 is 16.1 Å². The maximum Gasteiger partial charge on any atom is 0.258 e. The molecule has 188 valence electrons. The van der Waals surface area contributed by atoms with Gasteiger partial charge >= 0.3 is 0 Å². The molecule has 12 nitrogen and oxygen atoms in total. The van der Waals surface area contributed by atoms with Crippen LogP contribution in [0.1, 0.15) is 32.6 Å². The Morgan fingerprint density at radius 1 is 1.26 bits per heavy atom. The summed E-state index contributed by atoms with van der Waals surface area (Å²) in [7, 11) is -3.81. The van der Waals surface area contributed by atoms with Crippen molar-refractivity contribution in [2.75, 3.05) is 30.3 Å². The zero-order valence-electron chi connectivity index (χ0n) is 19.5. The van der Waals surface area contributed by atoms with Gasteiger partial charge in [0.15, 0.2) is 11.6 Å². The Morgan fingerprint density at radius 2 is 2.03 bits per heavy atom. The topological polar surface area (TPSA) is 143 Å². The Balaban J connectivity index is 1.65. The molecule has 4 heterocycles. The van der Waals surface area contributed by atoms with Gasteiger partial charge in [0.25, 0.3) is 5.88 Å². The van der Waals surface area contributed by atoms with Gasteiger partial charge in [-0.3, -0.25) is 9.29 Å². The van der Waals surface area contributed by atoms with Crippen LogP contribution in [0, 0.1) is 0 Å². The Kier molecular flexibility index (Phi) is 7.67. The van der Waals surface area contributed by atoms with E-state index in [0.717, 1.165) is 0 Å². The summed E-state index contributed by atoms with van der Waals surface area (Å²) in [6.45, 7) is 6.56. The lowest BCUT2D eigenvalue weighted by Gasteiger charge is -2.19. The third kappa shape index (κ3) is 5.97. The number of fused-ring (bicyclic) bond motifs is 3. The van der Waals surface area contributed by atoms with Gasteiger partial charge in [-0.2, -0.15) is 0 Å². The fourth-order valence-electron chi connectivity index (χ4n) is 3.46. The first-order valence-corrected chi connectivity index (χ1v) is 13.1. The number of ether oxygens (including phenoxy) is 3. The molecular formula is C21H26ClN7O5S. The van der Waals surface area contributed by atoms with E-state index in [1.165, 1.54) is 12.4 Å². The summed E-state index contributed by atoms with van der Waals surface area (Å²) in [6.07, 6.45) is 4.40. The van der Waals surface area contributed by atoms with Crippen LogP contribution >= 0.6 is 11.6 Å². The lowest BCUT2D eigenvalue weighted by molar-refractivity contribution is 0.0922. The van der Waals surface area contributed by atoms with Crippen LogP contribution in [0.2, 0.25) is 5.02 Å². The number of hydrogen-bond acceptors (Lipinski definition) is 10. The molecule has 0 radical (unpaired) electrons. The van der Waals surface area contributed by atoms with Crippen molar-refractivity contribution in [3.63, 3.8) is 0 Å². The number of rotatable bonds is 10. The molecule has 3 aromatic heterocycles. The fourth-order valence-corrected chi connectivity index (χ4v) is 4.53. The second-order valence-electron chi connectivity index (χ2n) is 7.99. The lowest BCUT2D eigenvalue weighted by Crippen LogP contribution is -2.26. The van der Waals surface area contributed by atoms with Crippen molar-refractivity contribution in [2.24, 2.45) is 0 Å². The number of nitrogens with zero attached hydrogens (tertiary/aromatic N) is 6. The number of pyridine rings is 1. The second-order valence-corrected chi connectivity index (χ2v) is 10.3. The minimum absolute atomic E-state index is 0.0568. The molecule has 1 aliphatic rings. The van der Waals surface area contributed by atoms with Crippen molar-refractivity contribution in [3.05, 3.63) is 35.5 Å². The van der Waals surface area contributed by atoms with E-state index in [1.807, 2.05) is 20.8 Å². The molecule has 0 amide bonds. The van der Waals surface area contributed by atoms with Gasteiger partial charge in [0, 0.05) is 31.6 Å². The zero-order valence-corrected chi connectivity index (χ0v) is 21.1. The smallest absolute Gasteiger partial charge is 0.258 e. The molecule has 3 aromatic rings. The van der Waals surface area contributed by atoms with Gasteiger partial charge in [0.2, 0.25) is 16.0 Å². The first-order chi connectivity index (χ1) is 16.8. The Labute approximate surface area is 208 Å². The van der Waals surface area contributed by atoms with Crippen LogP contribution in [-0.4, -0.2) is 69.8 Å². The van der Waals surface area contributed by atoms with E-state index >= 15 is 0 Å². The number of sulfonamides is 1. The largest absolute Gasteiger partial charge is 0.485 e. The Bertz CT molecular complexity index is 1270. The van der Waals surface area contributed by atoms with Gasteiger partial charge < -0.3 is 14.2 Å². The molecule has 1 aliphatic heterocycles. The van der Waals surface area contributed by atoms with Crippen molar-refractivity contribution in [1.82, 2.24) is 29.7 Å². The number of halogens is 1. The quantitative estimate of drug-likeness (QED) is 0.421. The highest BCUT2D eigenvalue weighted by Crippen LogP contribution is 2.41. The van der Waals surface area contributed by atoms with Crippen molar-refractivity contribution < 1.29 is 22.6 Å². The van der Waals surface area contributed by atoms with E-state index in [0.29, 0.717) is 40.5 Å². The molecule has 1 atom stereocenters. The van der Waals surface area contributed by atoms with E-state index in [9.17, 15) is 8.42 Å². The molecule has 4 rings (SSSR count). The molecule has 0 spiro atoms. The third-order valence-corrected chi connectivity index (χ3v) is 6.40. The molecule has 0 saturated carbocycles. The molecule has 0 bridgehead atoms. The molecule has 0 saturated heterocycles. The Hall–Kier alpha value is -3.03. The molecule has 35 heavy (non-hydrogen) atoms. The normalized spacial score (nSPS) is 15.2. The number of aryl methyl sites for hydroxylation is 1. The third-order valence-electron chi connectivity index (χ3n) is 4.97. The molecule has 0 aromatic carbocycles. The van der Waals surface area contributed by atoms with E-state index in [1.54, 1.807) is 16.8 Å². The molecule has 1 N–H and O–H groups in total. The zero-order chi connectivity index (χ0) is 25.0. The lowest BCUT2D eigenvalue weighted by atomic mass is 10.2. The van der Waals surface area contributed by atoms with Crippen molar-refractivity contribution in [3.8, 4) is 23.0 Å². The average molecular weight is 524 g/mol. The van der Waals surface area contributed by atoms with Crippen LogP contribution in [-0.2, 0) is 21.2 Å². The molecule has 0 unspecified atom stereocenters. The monoisotopic (exact) mass is 523 g/mol. The van der Waals surface area contributed by atoms with Crippen molar-refractivity contribution in [2.45, 2.75) is 39.3 Å². The van der Waals surface area contributed by atoms with Crippen LogP contribution in [0.3, 0.4) is 0 Å². The highest BCUT2D eigenvalue weighted by atomic mass is 35.5. The highest BCUT2D eigenvalue weighted by molar-refractivity contribution is 7.92. The predicted octanol–water partition coefficient (Wildman–Crippen LogP) is 2.53. The van der Waals surface area contributed by atoms with Crippen LogP contribution < -0.4 is 14.2 Å². The van der Waals surface area contributed by atoms with Crippen LogP contribution in [0.5, 0.6) is 11.6 Å². The van der Waals surface area contributed by atoms with Gasteiger partial charge in [-0.05, 0) is 26.8 Å². The summed E-state index contributed by atoms with van der Waals surface area (Å²) in [4.78, 5) is 12.4. The minimum atomic E-state index is -3.81. The molecule has 0 fully saturated rings. The number of aromatic nitrogens is 6. The minimum Gasteiger partial charge on any atom is -0.485 e. The number of anilines is 1. The maximum absolute atomic E-state index is 12.9. The SMILES string of the molecule is CCOC[C@H]1COc2c(ccnc2OC(C)C)-c2nnc(NS(=O)(=O)CCc3ncc(Cl)cn3)n21. The van der Waals surface area contributed by atoms with Crippen LogP contribution in [0.4, 0.5) is 5.95 Å². The maximum atomic E-state index is 12.9. The van der Waals surface area contributed by atoms with Gasteiger partial charge in [0.05, 0.1) is 35.1 Å². The van der Waals surface area contributed by atoms with E-state index in [-0.39, 0.29) is 37.4 Å². The summed E-state index contributed by atoms with van der Waals surface area (Å²) >= 11 is 5.79.